The van der Waals surface area contributed by atoms with Crippen LogP contribution in [0.25, 0.3) is 0 Å². The Balaban J connectivity index is 0.000000501. The summed E-state index contributed by atoms with van der Waals surface area (Å²) in [5, 5.41) is 68.1. The van der Waals surface area contributed by atoms with Crippen LogP contribution in [0.5, 0.6) is 34.5 Å². The second-order valence-electron chi connectivity index (χ2n) is 22.2. The first-order valence-electron chi connectivity index (χ1n) is 26.5. The van der Waals surface area contributed by atoms with Gasteiger partial charge in [-0.15, -0.1) is 0 Å². The Labute approximate surface area is 498 Å². The fourth-order valence-electron chi connectivity index (χ4n) is 10.0. The van der Waals surface area contributed by atoms with Gasteiger partial charge >= 0.3 is 31.3 Å². The molecule has 4 fully saturated rings. The normalized spacial score (nSPS) is 23.7. The summed E-state index contributed by atoms with van der Waals surface area (Å²) in [6.45, 7) is 37.8. The van der Waals surface area contributed by atoms with E-state index in [4.69, 9.17) is 36.2 Å². The molecule has 1 saturated carbocycles. The molecule has 15 nitrogen and oxygen atoms in total. The fourth-order valence-corrected chi connectivity index (χ4v) is 10.0. The van der Waals surface area contributed by atoms with Crippen LogP contribution >= 0.6 is 0 Å². The van der Waals surface area contributed by atoms with Crippen molar-refractivity contribution in [2.75, 3.05) is 39.3 Å². The maximum atomic E-state index is 10.7. The number of fused-ring (bicyclic) bond motifs is 3. The van der Waals surface area contributed by atoms with Crippen molar-refractivity contribution in [3.63, 3.8) is 0 Å². The molecule has 0 unspecified atom stereocenters. The molecule has 0 amide bonds. The molecule has 9 N–H and O–H groups in total. The molecule has 0 spiro atoms. The van der Waals surface area contributed by atoms with Crippen molar-refractivity contribution < 1.29 is 108 Å². The summed E-state index contributed by atoms with van der Waals surface area (Å²) < 4.78 is 115. The van der Waals surface area contributed by atoms with Crippen molar-refractivity contribution in [3.05, 3.63) is 130 Å². The van der Waals surface area contributed by atoms with E-state index in [2.05, 4.69) is 62.5 Å². The molecular weight excluding hydrogens is 1190 g/mol. The predicted octanol–water partition coefficient (Wildman–Crippen LogP) is 13.2. The van der Waals surface area contributed by atoms with Gasteiger partial charge < -0.3 is 35.7 Å². The van der Waals surface area contributed by atoms with Crippen LogP contribution in [0.1, 0.15) is 133 Å². The van der Waals surface area contributed by atoms with Crippen LogP contribution in [0.3, 0.4) is 0 Å². The molecule has 4 atom stereocenters. The van der Waals surface area contributed by atoms with E-state index in [1.54, 1.807) is 43.3 Å². The number of aliphatic hydroxyl groups is 1. The van der Waals surface area contributed by atoms with E-state index < -0.39 is 36.9 Å². The van der Waals surface area contributed by atoms with Gasteiger partial charge in [0.1, 0.15) is 34.5 Å². The zero-order valence-corrected chi connectivity index (χ0v) is 53.5. The molecule has 3 aliphatic carbocycles. The number of piperazine rings is 3. The van der Waals surface area contributed by atoms with E-state index in [1.807, 2.05) is 34.6 Å². The van der Waals surface area contributed by atoms with Crippen molar-refractivity contribution in [2.45, 2.75) is 142 Å². The number of aromatic hydroxyl groups is 6. The third kappa shape index (κ3) is 25.7. The van der Waals surface area contributed by atoms with Gasteiger partial charge in [0, 0.05) is 87.8 Å². The SMILES string of the molecule is C1CN2CCN1CC2.C=C(C)C1CCC(C)(O)CC1.C=C(C)[C@@H]1CCC(C)=C[C@H]1c1c(O)cc(C)cc1O.C=C(C)[C@@H]1CCC(C)=C[C@H]1c1c(O)cc(C)cc1O.Cc1cc(O)cc(O)c1.O=S(=O)(O)C(F)(F)F.O=S(=O)(O)C(F)(F)F.[Zn]. The number of hydrogen-bond acceptors (Lipinski definition) is 13. The van der Waals surface area contributed by atoms with Crippen LogP contribution < -0.4 is 0 Å². The third-order valence-corrected chi connectivity index (χ3v) is 15.7. The van der Waals surface area contributed by atoms with Crippen LogP contribution in [0, 0.1) is 38.5 Å². The molecular formula is C59H84F6N2O13S2Zn. The summed E-state index contributed by atoms with van der Waals surface area (Å²) >= 11 is 0. The van der Waals surface area contributed by atoms with Crippen LogP contribution in [0.4, 0.5) is 26.3 Å². The van der Waals surface area contributed by atoms with Gasteiger partial charge in [-0.1, -0.05) is 59.8 Å². The average molecular weight is 1270 g/mol. The Bertz CT molecular complexity index is 2690. The molecule has 24 heteroatoms. The van der Waals surface area contributed by atoms with Crippen molar-refractivity contribution >= 4 is 20.2 Å². The fraction of sp³-hybridized carbons (Fsp3) is 0.525. The van der Waals surface area contributed by atoms with Gasteiger partial charge in [-0.2, -0.15) is 43.2 Å². The Morgan fingerprint density at radius 3 is 1.00 bits per heavy atom. The number of alkyl halides is 6. The number of allylic oxidation sites excluding steroid dienone is 7. The maximum absolute atomic E-state index is 10.7. The zero-order valence-electron chi connectivity index (χ0n) is 48.9. The van der Waals surface area contributed by atoms with Crippen LogP contribution in [0.15, 0.2) is 102 Å². The maximum Gasteiger partial charge on any atom is 0.522 e. The molecule has 6 aliphatic rings. The number of phenols is 6. The molecule has 464 valence electrons. The Morgan fingerprint density at radius 2 is 0.783 bits per heavy atom. The van der Waals surface area contributed by atoms with Gasteiger partial charge in [-0.25, -0.2) is 0 Å². The molecule has 3 aromatic rings. The molecule has 2 bridgehead atoms. The average Bonchev–Trinajstić information content (AvgIpc) is 3.33. The summed E-state index contributed by atoms with van der Waals surface area (Å²) in [5.41, 5.74) is -1.51. The van der Waals surface area contributed by atoms with E-state index >= 15 is 0 Å². The van der Waals surface area contributed by atoms with Crippen molar-refractivity contribution in [1.29, 1.82) is 0 Å². The largest absolute Gasteiger partial charge is 0.522 e. The quantitative estimate of drug-likeness (QED) is 0.0378. The van der Waals surface area contributed by atoms with Gasteiger partial charge in [0.15, 0.2) is 0 Å². The molecule has 9 rings (SSSR count). The van der Waals surface area contributed by atoms with Gasteiger partial charge in [-0.3, -0.25) is 18.9 Å². The minimum atomic E-state index is -5.84. The van der Waals surface area contributed by atoms with Gasteiger partial charge in [-0.05, 0) is 185 Å². The van der Waals surface area contributed by atoms with E-state index in [9.17, 15) is 51.9 Å². The monoisotopic (exact) mass is 1270 g/mol. The topological polar surface area (TPSA) is 257 Å². The van der Waals surface area contributed by atoms with Crippen LogP contribution in [-0.2, 0) is 39.7 Å². The number of aryl methyl sites for hydroxylation is 3. The van der Waals surface area contributed by atoms with Gasteiger partial charge in [0.05, 0.1) is 5.60 Å². The number of rotatable bonds is 5. The minimum Gasteiger partial charge on any atom is -0.508 e. The number of halogens is 6. The summed E-state index contributed by atoms with van der Waals surface area (Å²) in [4.78, 5) is 5.08. The molecule has 0 radical (unpaired) electrons. The van der Waals surface area contributed by atoms with Gasteiger partial charge in [0.2, 0.25) is 0 Å². The molecule has 83 heavy (non-hydrogen) atoms. The van der Waals surface area contributed by atoms with Crippen molar-refractivity contribution in [1.82, 2.24) is 9.80 Å². The number of nitrogens with zero attached hydrogens (tertiary/aromatic N) is 2. The van der Waals surface area contributed by atoms with Crippen molar-refractivity contribution in [3.8, 4) is 34.5 Å². The Kier molecular flexibility index (Phi) is 29.8. The molecule has 3 aromatic carbocycles. The zero-order chi connectivity index (χ0) is 63.0. The molecule has 3 saturated heterocycles. The second kappa shape index (κ2) is 32.5. The van der Waals surface area contributed by atoms with E-state index in [0.717, 1.165) is 79.2 Å². The van der Waals surface area contributed by atoms with E-state index in [1.165, 1.54) is 62.1 Å². The summed E-state index contributed by atoms with van der Waals surface area (Å²) in [5.74, 6) is 2.19. The first kappa shape index (κ1) is 76.1. The number of hydrogen-bond donors (Lipinski definition) is 9. The summed E-state index contributed by atoms with van der Waals surface area (Å²) in [6, 6.07) is 11.3. The van der Waals surface area contributed by atoms with Crippen LogP contribution in [0.2, 0.25) is 0 Å². The first-order valence-corrected chi connectivity index (χ1v) is 29.4. The summed E-state index contributed by atoms with van der Waals surface area (Å²) in [6.07, 6.45) is 12.6. The van der Waals surface area contributed by atoms with Crippen molar-refractivity contribution in [2.24, 2.45) is 17.8 Å². The molecule has 3 aliphatic heterocycles. The summed E-state index contributed by atoms with van der Waals surface area (Å²) in [7, 11) is -11.7. The number of phenolic OH excluding ortho intramolecular Hbond substituents is 6. The Morgan fingerprint density at radius 1 is 0.518 bits per heavy atom. The first-order chi connectivity index (χ1) is 37.4. The smallest absolute Gasteiger partial charge is 0.508 e. The standard InChI is InChI=1S/2C17H22O2.C10H18O.C7H8O2.C6H12N2.2CHF3O3S.Zn/c2*1-10(2)13-6-5-11(3)7-14(13)17-15(18)8-12(4)9-16(17)19;1-8(2)9-4-6-10(3,11)7-5-9;1-5-2-6(8)4-7(9)3-5;1-2-8-5-3-7(1)4-6-8;2*2-1(3,4)8(5,6)7;/h2*7-9,13-14,18-19H,1,5-6H2,2-4H3;9,11H,1,4-7H2,2-3H3;2-4,8-9H,1H3;1-6H2;2*(H,5,6,7);/t2*13-,14+;;;;;;/m00....../s1. The third-order valence-electron chi connectivity index (χ3n) is 14.6. The number of benzene rings is 3. The Hall–Kier alpha value is -4.94. The second-order valence-corrected chi connectivity index (χ2v) is 25.0. The van der Waals surface area contributed by atoms with Crippen LogP contribution in [-0.4, -0.2) is 127 Å². The molecule has 0 aromatic heterocycles. The predicted molar refractivity (Wildman–Crippen MR) is 307 cm³/mol. The molecule has 3 heterocycles. The van der Waals surface area contributed by atoms with E-state index in [-0.39, 0.29) is 77.6 Å². The minimum absolute atomic E-state index is 0. The van der Waals surface area contributed by atoms with E-state index in [0.29, 0.717) is 17.0 Å². The van der Waals surface area contributed by atoms with Gasteiger partial charge in [0.25, 0.3) is 0 Å².